The van der Waals surface area contributed by atoms with E-state index in [2.05, 4.69) is 0 Å². The summed E-state index contributed by atoms with van der Waals surface area (Å²) in [7, 11) is 0. The van der Waals surface area contributed by atoms with Crippen molar-refractivity contribution >= 4 is 38.6 Å². The molecule has 0 amide bonds. The molecule has 0 radical (unpaired) electrons. The van der Waals surface area contributed by atoms with Gasteiger partial charge in [-0.15, -0.1) is 0 Å². The maximum atomic E-state index is 9.81. The molecule has 0 unspecified atom stereocenters. The number of fused-ring (bicyclic) bond motifs is 2. The van der Waals surface area contributed by atoms with Crippen LogP contribution in [0.2, 0.25) is 0 Å². The van der Waals surface area contributed by atoms with Gasteiger partial charge in [0, 0.05) is 17.1 Å². The lowest BCUT2D eigenvalue weighted by Crippen LogP contribution is -2.10. The van der Waals surface area contributed by atoms with Gasteiger partial charge in [-0.2, -0.15) is 0 Å². The standard InChI is InChI=1S/C56H39N/c1-3-13-40(14-4-1)41-25-27-42(28-26-41)43-29-33-50(34-30-43)57(52-22-11-21-49(37-52)54-24-12-20-44-17-9-10-23-53(44)54)51-35-31-46(32-36-51)56-39-48-19-8-7-18-47(48)38-55(56)45-15-5-2-6-16-45/h1-39H/i2D,5D,6D,7D,8D,15D,16D,18D,19D,31D,32D,35D,36D,38D,39D. The summed E-state index contributed by atoms with van der Waals surface area (Å²) in [6.45, 7) is 0. The lowest BCUT2D eigenvalue weighted by Gasteiger charge is -2.27. The van der Waals surface area contributed by atoms with Gasteiger partial charge in [0.15, 0.2) is 0 Å². The predicted octanol–water partition coefficient (Wildman–Crippen LogP) is 15.8. The van der Waals surface area contributed by atoms with Crippen molar-refractivity contribution in [3.63, 3.8) is 0 Å². The van der Waals surface area contributed by atoms with Crippen LogP contribution in [0.15, 0.2) is 236 Å². The van der Waals surface area contributed by atoms with E-state index in [1.54, 1.807) is 11.0 Å². The summed E-state index contributed by atoms with van der Waals surface area (Å²) >= 11 is 0. The highest BCUT2D eigenvalue weighted by molar-refractivity contribution is 5.98. The molecule has 0 heterocycles. The molecule has 268 valence electrons. The second-order valence-electron chi connectivity index (χ2n) is 13.4. The van der Waals surface area contributed by atoms with Crippen LogP contribution in [0.25, 0.3) is 77.2 Å². The first-order valence-electron chi connectivity index (χ1n) is 25.9. The first-order valence-corrected chi connectivity index (χ1v) is 18.4. The van der Waals surface area contributed by atoms with E-state index in [1.807, 2.05) is 140 Å². The van der Waals surface area contributed by atoms with E-state index in [1.165, 1.54) is 0 Å². The van der Waals surface area contributed by atoms with Crippen LogP contribution in [0.1, 0.15) is 20.6 Å². The highest BCUT2D eigenvalue weighted by Gasteiger charge is 2.16. The molecule has 0 bridgehead atoms. The molecule has 0 N–H and O–H groups in total. The third-order valence-corrected chi connectivity index (χ3v) is 9.93. The average Bonchev–Trinajstić information content (AvgIpc) is 3.40. The van der Waals surface area contributed by atoms with Gasteiger partial charge in [-0.25, -0.2) is 0 Å². The van der Waals surface area contributed by atoms with Gasteiger partial charge in [-0.05, 0) is 126 Å². The molecule has 0 aliphatic heterocycles. The molecule has 0 fully saturated rings. The van der Waals surface area contributed by atoms with Gasteiger partial charge in [0.2, 0.25) is 0 Å². The van der Waals surface area contributed by atoms with E-state index in [0.29, 0.717) is 11.4 Å². The number of nitrogens with zero attached hydrogens (tertiary/aromatic N) is 1. The van der Waals surface area contributed by atoms with Gasteiger partial charge >= 0.3 is 0 Å². The lowest BCUT2D eigenvalue weighted by atomic mass is 9.91. The van der Waals surface area contributed by atoms with E-state index in [-0.39, 0.29) is 5.69 Å². The lowest BCUT2D eigenvalue weighted by molar-refractivity contribution is 1.28. The van der Waals surface area contributed by atoms with Crippen molar-refractivity contribution in [3.05, 3.63) is 236 Å². The molecule has 0 spiro atoms. The van der Waals surface area contributed by atoms with E-state index >= 15 is 0 Å². The molecule has 0 aromatic heterocycles. The summed E-state index contributed by atoms with van der Waals surface area (Å²) in [6, 6.07) is 35.8. The first-order chi connectivity index (χ1) is 34.5. The molecule has 10 rings (SSSR count). The molecule has 0 atom stereocenters. The van der Waals surface area contributed by atoms with Crippen molar-refractivity contribution in [1.82, 2.24) is 0 Å². The van der Waals surface area contributed by atoms with Crippen LogP contribution in [0.3, 0.4) is 0 Å². The van der Waals surface area contributed by atoms with Crippen LogP contribution < -0.4 is 4.90 Å². The fraction of sp³-hybridized carbons (Fsp3) is 0. The largest absolute Gasteiger partial charge is 0.310 e. The molecule has 10 aromatic rings. The Kier molecular flexibility index (Phi) is 5.67. The summed E-state index contributed by atoms with van der Waals surface area (Å²) in [5, 5.41) is 1.02. The molecule has 1 nitrogen and oxygen atoms in total. The highest BCUT2D eigenvalue weighted by Crippen LogP contribution is 2.41. The van der Waals surface area contributed by atoms with Crippen LogP contribution >= 0.6 is 0 Å². The minimum atomic E-state index is -0.810. The Bertz CT molecular complexity index is 3800. The maximum absolute atomic E-state index is 9.81. The summed E-state index contributed by atoms with van der Waals surface area (Å²) in [5.74, 6) is 0. The normalized spacial score (nSPS) is 14.8. The zero-order valence-corrected chi connectivity index (χ0v) is 30.3. The van der Waals surface area contributed by atoms with E-state index in [4.69, 9.17) is 12.3 Å². The molecular weight excluding hydrogens is 687 g/mol. The molecule has 0 saturated carbocycles. The molecular formula is C56H39N. The zero-order valence-electron chi connectivity index (χ0n) is 45.3. The number of anilines is 3. The van der Waals surface area contributed by atoms with Crippen molar-refractivity contribution in [2.45, 2.75) is 0 Å². The topological polar surface area (TPSA) is 3.24 Å². The average molecular weight is 741 g/mol. The summed E-state index contributed by atoms with van der Waals surface area (Å²) in [6.07, 6.45) is 0. The summed E-state index contributed by atoms with van der Waals surface area (Å²) in [5.41, 5.74) is 3.96. The van der Waals surface area contributed by atoms with Gasteiger partial charge < -0.3 is 4.90 Å². The molecule has 57 heavy (non-hydrogen) atoms. The number of rotatable bonds is 8. The van der Waals surface area contributed by atoms with Gasteiger partial charge in [0.25, 0.3) is 0 Å². The minimum Gasteiger partial charge on any atom is -0.310 e. The van der Waals surface area contributed by atoms with Gasteiger partial charge in [-0.1, -0.05) is 188 Å². The second-order valence-corrected chi connectivity index (χ2v) is 13.4. The SMILES string of the molecule is [2H]c1c([2H])c([2H])c(-c2c(-c3c([2H])c([2H])c(N(c4ccc(-c5ccc(-c6ccccc6)cc5)cc4)c4cccc(-c5cccc6ccccc56)c4)c([2H])c3[2H])c([2H])c3c([2H])c([2H])c([2H])c([2H])c3c2[2H])c([2H])c1[2H]. The Morgan fingerprint density at radius 1 is 0.298 bits per heavy atom. The van der Waals surface area contributed by atoms with Crippen molar-refractivity contribution in [1.29, 1.82) is 0 Å². The second kappa shape index (κ2) is 15.0. The molecule has 0 aliphatic carbocycles. The number of hydrogen-bond donors (Lipinski definition) is 0. The quantitative estimate of drug-likeness (QED) is 0.150. The van der Waals surface area contributed by atoms with Crippen LogP contribution in [0.5, 0.6) is 0 Å². The molecule has 1 heteroatoms. The highest BCUT2D eigenvalue weighted by atomic mass is 15.1. The van der Waals surface area contributed by atoms with Crippen molar-refractivity contribution in [3.8, 4) is 55.6 Å². The smallest absolute Gasteiger partial charge is 0.0645 e. The minimum absolute atomic E-state index is 0.200. The van der Waals surface area contributed by atoms with Gasteiger partial charge in [0.05, 0.1) is 20.6 Å². The van der Waals surface area contributed by atoms with Gasteiger partial charge in [-0.3, -0.25) is 0 Å². The summed E-state index contributed by atoms with van der Waals surface area (Å²) in [4.78, 5) is 1.60. The number of hydrogen-bond acceptors (Lipinski definition) is 1. The Morgan fingerprint density at radius 2 is 0.825 bits per heavy atom. The van der Waals surface area contributed by atoms with Gasteiger partial charge in [0.1, 0.15) is 0 Å². The Morgan fingerprint density at radius 3 is 1.51 bits per heavy atom. The van der Waals surface area contributed by atoms with E-state index < -0.39 is 124 Å². The Labute approximate surface area is 355 Å². The summed E-state index contributed by atoms with van der Waals surface area (Å²) < 4.78 is 136. The van der Waals surface area contributed by atoms with E-state index in [9.17, 15) is 8.22 Å². The monoisotopic (exact) mass is 740 g/mol. The molecule has 10 aromatic carbocycles. The van der Waals surface area contributed by atoms with E-state index in [0.717, 1.165) is 44.2 Å². The van der Waals surface area contributed by atoms with Crippen LogP contribution in [0.4, 0.5) is 17.1 Å². The predicted molar refractivity (Wildman–Crippen MR) is 243 cm³/mol. The Hall–Kier alpha value is -7.48. The Balaban J connectivity index is 1.23. The first kappa shape index (κ1) is 21.6. The van der Waals surface area contributed by atoms with Crippen molar-refractivity contribution in [2.75, 3.05) is 4.90 Å². The maximum Gasteiger partial charge on any atom is 0.0645 e. The fourth-order valence-electron chi connectivity index (χ4n) is 7.15. The van der Waals surface area contributed by atoms with Crippen molar-refractivity contribution in [2.24, 2.45) is 0 Å². The third kappa shape index (κ3) is 6.77. The molecule has 0 aliphatic rings. The van der Waals surface area contributed by atoms with Crippen LogP contribution in [-0.2, 0) is 0 Å². The third-order valence-electron chi connectivity index (χ3n) is 9.93. The fourth-order valence-corrected chi connectivity index (χ4v) is 7.15. The zero-order chi connectivity index (χ0) is 51.0. The molecule has 0 saturated heterocycles. The number of benzene rings is 10. The van der Waals surface area contributed by atoms with Crippen molar-refractivity contribution < 1.29 is 20.6 Å². The van der Waals surface area contributed by atoms with Crippen LogP contribution in [0, 0.1) is 0 Å². The van der Waals surface area contributed by atoms with Crippen LogP contribution in [-0.4, -0.2) is 0 Å².